The lowest BCUT2D eigenvalue weighted by atomic mass is 10.1. The number of nitrogens with zero attached hydrogens (tertiary/aromatic N) is 2. The molecule has 0 atom stereocenters. The highest BCUT2D eigenvalue weighted by Gasteiger charge is 2.07. The average molecular weight is 279 g/mol. The Labute approximate surface area is 121 Å². The maximum Gasteiger partial charge on any atom is 0.358 e. The third kappa shape index (κ3) is 2.81. The summed E-state index contributed by atoms with van der Waals surface area (Å²) in [5.41, 5.74) is 1.09. The van der Waals surface area contributed by atoms with E-state index in [-0.39, 0.29) is 5.69 Å². The smallest absolute Gasteiger partial charge is 0.358 e. The Bertz CT molecular complexity index is 785. The molecule has 0 aliphatic heterocycles. The van der Waals surface area contributed by atoms with Crippen LogP contribution in [0.4, 0.5) is 11.5 Å². The van der Waals surface area contributed by atoms with Crippen LogP contribution in [0.2, 0.25) is 0 Å². The Balaban J connectivity index is 1.83. The van der Waals surface area contributed by atoms with Gasteiger partial charge in [0, 0.05) is 5.69 Å². The molecule has 0 bridgehead atoms. The standard InChI is InChI=1S/C16H13N3O2/c1-21-16(20)14-9-18-15(10-17-14)19-13-7-6-11-4-2-3-5-12(11)8-13/h2-10H,1H3,(H,18,19). The summed E-state index contributed by atoms with van der Waals surface area (Å²) in [4.78, 5) is 19.4. The van der Waals surface area contributed by atoms with E-state index in [0.29, 0.717) is 5.82 Å². The van der Waals surface area contributed by atoms with E-state index < -0.39 is 5.97 Å². The lowest BCUT2D eigenvalue weighted by molar-refractivity contribution is 0.0593. The number of carbonyl (C=O) groups is 1. The highest BCUT2D eigenvalue weighted by Crippen LogP contribution is 2.21. The molecule has 1 aromatic heterocycles. The Kier molecular flexibility index (Phi) is 3.47. The number of aromatic nitrogens is 2. The Morgan fingerprint density at radius 3 is 2.57 bits per heavy atom. The van der Waals surface area contributed by atoms with Crippen molar-refractivity contribution < 1.29 is 9.53 Å². The lowest BCUT2D eigenvalue weighted by Gasteiger charge is -2.07. The van der Waals surface area contributed by atoms with Gasteiger partial charge in [0.05, 0.1) is 19.5 Å². The van der Waals surface area contributed by atoms with Gasteiger partial charge in [-0.15, -0.1) is 0 Å². The molecule has 0 aliphatic carbocycles. The first-order valence-corrected chi connectivity index (χ1v) is 6.42. The number of rotatable bonds is 3. The van der Waals surface area contributed by atoms with Gasteiger partial charge in [-0.3, -0.25) is 0 Å². The number of methoxy groups -OCH3 is 1. The predicted octanol–water partition coefficient (Wildman–Crippen LogP) is 3.16. The van der Waals surface area contributed by atoms with Crippen LogP contribution in [0.1, 0.15) is 10.5 Å². The van der Waals surface area contributed by atoms with Gasteiger partial charge in [0.15, 0.2) is 5.69 Å². The first-order chi connectivity index (χ1) is 10.3. The van der Waals surface area contributed by atoms with Gasteiger partial charge in [0.1, 0.15) is 5.82 Å². The Morgan fingerprint density at radius 1 is 1.05 bits per heavy atom. The third-order valence-corrected chi connectivity index (χ3v) is 3.07. The van der Waals surface area contributed by atoms with Crippen LogP contribution in [0.15, 0.2) is 54.9 Å². The summed E-state index contributed by atoms with van der Waals surface area (Å²) in [6.45, 7) is 0. The number of esters is 1. The van der Waals surface area contributed by atoms with E-state index in [4.69, 9.17) is 0 Å². The number of hydrogen-bond donors (Lipinski definition) is 1. The summed E-state index contributed by atoms with van der Waals surface area (Å²) in [5, 5.41) is 5.47. The van der Waals surface area contributed by atoms with Crippen LogP contribution in [-0.2, 0) is 4.74 Å². The van der Waals surface area contributed by atoms with Crippen molar-refractivity contribution in [3.05, 3.63) is 60.6 Å². The van der Waals surface area contributed by atoms with Crippen LogP contribution >= 0.6 is 0 Å². The summed E-state index contributed by atoms with van der Waals surface area (Å²) in [6, 6.07) is 14.2. The number of nitrogens with one attached hydrogen (secondary N) is 1. The second-order valence-electron chi connectivity index (χ2n) is 4.47. The van der Waals surface area contributed by atoms with Crippen LogP contribution in [0.25, 0.3) is 10.8 Å². The van der Waals surface area contributed by atoms with E-state index in [1.807, 2.05) is 36.4 Å². The predicted molar refractivity (Wildman–Crippen MR) is 80.6 cm³/mol. The molecule has 3 rings (SSSR count). The maximum atomic E-state index is 11.3. The van der Waals surface area contributed by atoms with Gasteiger partial charge in [0.2, 0.25) is 0 Å². The van der Waals surface area contributed by atoms with Crippen molar-refractivity contribution in [2.45, 2.75) is 0 Å². The number of carbonyl (C=O) groups excluding carboxylic acids is 1. The molecular formula is C16H13N3O2. The van der Waals surface area contributed by atoms with Gasteiger partial charge in [-0.25, -0.2) is 14.8 Å². The SMILES string of the molecule is COC(=O)c1cnc(Nc2ccc3ccccc3c2)cn1. The maximum absolute atomic E-state index is 11.3. The number of anilines is 2. The van der Waals surface area contributed by atoms with Crippen molar-refractivity contribution in [1.29, 1.82) is 0 Å². The molecule has 0 spiro atoms. The summed E-state index contributed by atoms with van der Waals surface area (Å²) in [7, 11) is 1.31. The lowest BCUT2D eigenvalue weighted by Crippen LogP contribution is -2.05. The fourth-order valence-electron chi connectivity index (χ4n) is 2.02. The molecular weight excluding hydrogens is 266 g/mol. The van der Waals surface area contributed by atoms with Crippen molar-refractivity contribution >= 4 is 28.2 Å². The molecule has 3 aromatic rings. The largest absolute Gasteiger partial charge is 0.464 e. The first-order valence-electron chi connectivity index (χ1n) is 6.42. The highest BCUT2D eigenvalue weighted by molar-refractivity contribution is 5.87. The van der Waals surface area contributed by atoms with E-state index in [2.05, 4.69) is 26.1 Å². The minimum Gasteiger partial charge on any atom is -0.464 e. The van der Waals surface area contributed by atoms with Crippen LogP contribution < -0.4 is 5.32 Å². The molecule has 0 saturated carbocycles. The fraction of sp³-hybridized carbons (Fsp3) is 0.0625. The van der Waals surface area contributed by atoms with Crippen molar-refractivity contribution in [3.8, 4) is 0 Å². The van der Waals surface area contributed by atoms with Gasteiger partial charge in [-0.05, 0) is 22.9 Å². The number of hydrogen-bond acceptors (Lipinski definition) is 5. The quantitative estimate of drug-likeness (QED) is 0.746. The van der Waals surface area contributed by atoms with Gasteiger partial charge in [0.25, 0.3) is 0 Å². The minimum atomic E-state index is -0.500. The number of fused-ring (bicyclic) bond motifs is 1. The molecule has 2 aromatic carbocycles. The number of benzene rings is 2. The van der Waals surface area contributed by atoms with Crippen molar-refractivity contribution in [3.63, 3.8) is 0 Å². The summed E-state index contributed by atoms with van der Waals surface area (Å²) >= 11 is 0. The van der Waals surface area contributed by atoms with E-state index in [0.717, 1.165) is 11.1 Å². The summed E-state index contributed by atoms with van der Waals surface area (Å²) < 4.78 is 4.58. The average Bonchev–Trinajstić information content (AvgIpc) is 2.55. The Hall–Kier alpha value is -2.95. The zero-order chi connectivity index (χ0) is 14.7. The molecule has 104 valence electrons. The van der Waals surface area contributed by atoms with Crippen molar-refractivity contribution in [1.82, 2.24) is 9.97 Å². The molecule has 0 aliphatic rings. The second kappa shape index (κ2) is 5.58. The zero-order valence-electron chi connectivity index (χ0n) is 11.4. The molecule has 1 heterocycles. The van der Waals surface area contributed by atoms with E-state index >= 15 is 0 Å². The molecule has 0 radical (unpaired) electrons. The highest BCUT2D eigenvalue weighted by atomic mass is 16.5. The number of ether oxygens (including phenoxy) is 1. The fourth-order valence-corrected chi connectivity index (χ4v) is 2.02. The van der Waals surface area contributed by atoms with Crippen LogP contribution in [0.5, 0.6) is 0 Å². The molecule has 0 amide bonds. The summed E-state index contributed by atoms with van der Waals surface area (Å²) in [6.07, 6.45) is 2.89. The topological polar surface area (TPSA) is 64.1 Å². The van der Waals surface area contributed by atoms with E-state index in [1.54, 1.807) is 0 Å². The van der Waals surface area contributed by atoms with E-state index in [9.17, 15) is 4.79 Å². The van der Waals surface area contributed by atoms with Crippen molar-refractivity contribution in [2.24, 2.45) is 0 Å². The molecule has 5 heteroatoms. The molecule has 21 heavy (non-hydrogen) atoms. The second-order valence-corrected chi connectivity index (χ2v) is 4.47. The summed E-state index contributed by atoms with van der Waals surface area (Å²) in [5.74, 6) is 0.0673. The normalized spacial score (nSPS) is 10.3. The van der Waals surface area contributed by atoms with Gasteiger partial charge in [-0.1, -0.05) is 30.3 Å². The van der Waals surface area contributed by atoms with E-state index in [1.165, 1.54) is 24.9 Å². The van der Waals surface area contributed by atoms with Crippen molar-refractivity contribution in [2.75, 3.05) is 12.4 Å². The van der Waals surface area contributed by atoms with Crippen LogP contribution in [-0.4, -0.2) is 23.0 Å². The minimum absolute atomic E-state index is 0.182. The molecule has 0 unspecified atom stereocenters. The molecule has 5 nitrogen and oxygen atoms in total. The van der Waals surface area contributed by atoms with Gasteiger partial charge < -0.3 is 10.1 Å². The van der Waals surface area contributed by atoms with Gasteiger partial charge >= 0.3 is 5.97 Å². The van der Waals surface area contributed by atoms with Crippen LogP contribution in [0, 0.1) is 0 Å². The van der Waals surface area contributed by atoms with Crippen LogP contribution in [0.3, 0.4) is 0 Å². The Morgan fingerprint density at radius 2 is 1.86 bits per heavy atom. The molecule has 0 saturated heterocycles. The zero-order valence-corrected chi connectivity index (χ0v) is 11.4. The molecule has 0 fully saturated rings. The monoisotopic (exact) mass is 279 g/mol. The third-order valence-electron chi connectivity index (χ3n) is 3.07. The first kappa shape index (κ1) is 13.1. The van der Waals surface area contributed by atoms with Gasteiger partial charge in [-0.2, -0.15) is 0 Å². The molecule has 1 N–H and O–H groups in total.